The van der Waals surface area contributed by atoms with Crippen molar-refractivity contribution in [1.29, 1.82) is 0 Å². The molecular weight excluding hydrogens is 1130 g/mol. The smallest absolute Gasteiger partial charge is 0.305 e. The number of nitrogens with zero attached hydrogens (tertiary/aromatic N) is 4. The van der Waals surface area contributed by atoms with E-state index in [1.165, 1.54) is 13.8 Å². The third-order valence-corrected chi connectivity index (χ3v) is 12.4. The van der Waals surface area contributed by atoms with Gasteiger partial charge >= 0.3 is 5.97 Å². The van der Waals surface area contributed by atoms with Crippen LogP contribution in [0.2, 0.25) is 0 Å². The van der Waals surface area contributed by atoms with E-state index in [1.807, 2.05) is 0 Å². The van der Waals surface area contributed by atoms with E-state index in [1.54, 1.807) is 0 Å². The number of nitrogens with one attached hydrogen (secondary N) is 9. The monoisotopic (exact) mass is 1230 g/mol. The number of carbonyl (C=O) groups excluding carboxylic acids is 10. The number of hydrogen-bond donors (Lipinski definition) is 22. The first kappa shape index (κ1) is 77.1. The number of hydrogen-bond acceptors (Lipinski definition) is 18. The summed E-state index contributed by atoms with van der Waals surface area (Å²) in [6.45, 7) is 3.82. The highest BCUT2D eigenvalue weighted by Gasteiger charge is 2.35. The second-order valence-electron chi connectivity index (χ2n) is 19.9. The first-order valence-electron chi connectivity index (χ1n) is 27.9. The summed E-state index contributed by atoms with van der Waals surface area (Å²) >= 11 is 0. The number of unbranched alkanes of at least 4 members (excludes halogenated alkanes) is 2. The number of aliphatic imine (C=N–C) groups is 4. The number of rotatable bonds is 45. The summed E-state index contributed by atoms with van der Waals surface area (Å²) in [6.07, 6.45) is -1.30. The maximum Gasteiger partial charge on any atom is 0.305 e. The molecule has 37 heteroatoms. The number of carboxylic acid groups (broad SMARTS) is 1. The zero-order valence-corrected chi connectivity index (χ0v) is 49.1. The van der Waals surface area contributed by atoms with Crippen molar-refractivity contribution in [2.24, 2.45) is 83.0 Å². The van der Waals surface area contributed by atoms with Crippen LogP contribution in [0.1, 0.15) is 117 Å². The van der Waals surface area contributed by atoms with E-state index < -0.39 is 132 Å². The Morgan fingerprint density at radius 1 is 0.372 bits per heavy atom. The molecule has 33 N–H and O–H groups in total. The lowest BCUT2D eigenvalue weighted by atomic mass is 10.0. The normalized spacial score (nSPS) is 14.3. The van der Waals surface area contributed by atoms with Crippen LogP contribution in [0.5, 0.6) is 0 Å². The molecule has 0 aromatic carbocycles. The number of aliphatic hydroxyl groups is 1. The van der Waals surface area contributed by atoms with Gasteiger partial charge in [0.2, 0.25) is 59.1 Å². The van der Waals surface area contributed by atoms with Crippen molar-refractivity contribution in [2.75, 3.05) is 39.3 Å². The number of aliphatic hydroxyl groups excluding tert-OH is 1. The average Bonchev–Trinajstić information content (AvgIpc) is 3.27. The van der Waals surface area contributed by atoms with Gasteiger partial charge in [0.25, 0.3) is 0 Å². The van der Waals surface area contributed by atoms with Crippen molar-refractivity contribution < 1.29 is 63.0 Å². The van der Waals surface area contributed by atoms with Gasteiger partial charge in [-0.1, -0.05) is 0 Å². The predicted molar refractivity (Wildman–Crippen MR) is 317 cm³/mol. The molecule has 0 saturated heterocycles. The maximum atomic E-state index is 14.5. The average molecular weight is 1230 g/mol. The third kappa shape index (κ3) is 34.7. The maximum absolute atomic E-state index is 14.5. The number of carboxylic acids is 1. The number of carbonyl (C=O) groups is 11. The van der Waals surface area contributed by atoms with Gasteiger partial charge in [-0.15, -0.1) is 0 Å². The molecule has 0 aliphatic heterocycles. The second-order valence-corrected chi connectivity index (χ2v) is 19.9. The molecule has 0 heterocycles. The molecule has 0 aliphatic rings. The van der Waals surface area contributed by atoms with Gasteiger partial charge < -0.3 is 121 Å². The highest BCUT2D eigenvalue weighted by Crippen LogP contribution is 2.11. The molecule has 0 bridgehead atoms. The molecule has 0 saturated carbocycles. The molecule has 0 aromatic rings. The van der Waals surface area contributed by atoms with Crippen LogP contribution in [0, 0.1) is 0 Å². The molecule has 488 valence electrons. The summed E-state index contributed by atoms with van der Waals surface area (Å²) in [4.78, 5) is 163. The van der Waals surface area contributed by atoms with Crippen LogP contribution in [-0.4, -0.2) is 199 Å². The third-order valence-electron chi connectivity index (χ3n) is 12.4. The molecule has 0 aliphatic carbocycles. The van der Waals surface area contributed by atoms with E-state index in [0.29, 0.717) is 19.3 Å². The van der Waals surface area contributed by atoms with E-state index in [4.69, 9.17) is 63.1 Å². The second kappa shape index (κ2) is 42.9. The summed E-state index contributed by atoms with van der Waals surface area (Å²) in [7, 11) is 0. The summed E-state index contributed by atoms with van der Waals surface area (Å²) in [6, 6.07) is -13.2. The molecule has 0 fully saturated rings. The minimum absolute atomic E-state index is 0.0245. The first-order valence-corrected chi connectivity index (χ1v) is 27.9. The topological polar surface area (TPSA) is 672 Å². The molecule has 37 nitrogen and oxygen atoms in total. The van der Waals surface area contributed by atoms with Crippen LogP contribution in [0.4, 0.5) is 0 Å². The fraction of sp³-hybridized carbons (Fsp3) is 0.694. The Labute approximate surface area is 498 Å². The predicted octanol–water partition coefficient (Wildman–Crippen LogP) is -9.80. The van der Waals surface area contributed by atoms with Gasteiger partial charge in [0, 0.05) is 33.1 Å². The minimum Gasteiger partial charge on any atom is -0.481 e. The Hall–Kier alpha value is -8.87. The molecule has 0 spiro atoms. The van der Waals surface area contributed by atoms with Crippen LogP contribution >= 0.6 is 0 Å². The van der Waals surface area contributed by atoms with E-state index in [9.17, 15) is 63.0 Å². The lowest BCUT2D eigenvalue weighted by Gasteiger charge is -2.28. The first-order chi connectivity index (χ1) is 40.4. The summed E-state index contributed by atoms with van der Waals surface area (Å²) in [5.74, 6) is -11.8. The molecule has 0 unspecified atom stereocenters. The van der Waals surface area contributed by atoms with Crippen molar-refractivity contribution >= 4 is 88.9 Å². The van der Waals surface area contributed by atoms with Gasteiger partial charge in [-0.2, -0.15) is 0 Å². The molecule has 86 heavy (non-hydrogen) atoms. The Bertz CT molecular complexity index is 2330. The van der Waals surface area contributed by atoms with Gasteiger partial charge in [0.1, 0.15) is 54.4 Å². The van der Waals surface area contributed by atoms with Crippen molar-refractivity contribution in [1.82, 2.24) is 47.9 Å². The SMILES string of the molecule is CC(=O)N[C@@H](CC(=O)O)C(=O)N[C@@H](C)C(=O)N[C@@H](CCCN=C(N)N)C(=O)N[C@@H](CCCN=C(N)N)C(=O)N[C@@H](CCCN=C(N)N)C(=O)N[C@@H](CCCCN)C(=O)N[C@@H](CCCCN)C(=O)N[C@@H](CCCN=C(N)N)C(=O)N[C@H](C(N)=O)[C@@H](C)O. The molecule has 10 atom stereocenters. The van der Waals surface area contributed by atoms with Crippen molar-refractivity contribution in [3.05, 3.63) is 0 Å². The van der Waals surface area contributed by atoms with E-state index in [-0.39, 0.29) is 134 Å². The zero-order chi connectivity index (χ0) is 65.5. The molecule has 0 radical (unpaired) electrons. The van der Waals surface area contributed by atoms with Crippen molar-refractivity contribution in [2.45, 2.75) is 178 Å². The Kier molecular flexibility index (Phi) is 38.4. The van der Waals surface area contributed by atoms with Gasteiger partial charge in [0.15, 0.2) is 23.8 Å². The zero-order valence-electron chi connectivity index (χ0n) is 49.1. The fourth-order valence-electron chi connectivity index (χ4n) is 7.96. The van der Waals surface area contributed by atoms with Gasteiger partial charge in [-0.3, -0.25) is 72.7 Å². The highest BCUT2D eigenvalue weighted by atomic mass is 16.4. The minimum atomic E-state index is -1.57. The summed E-state index contributed by atoms with van der Waals surface area (Å²) in [5.41, 5.74) is 61.0. The summed E-state index contributed by atoms with van der Waals surface area (Å²) in [5, 5.41) is 41.9. The van der Waals surface area contributed by atoms with Gasteiger partial charge in [-0.05, 0) is 117 Å². The van der Waals surface area contributed by atoms with Crippen LogP contribution in [0.3, 0.4) is 0 Å². The quantitative estimate of drug-likeness (QED) is 0.0153. The summed E-state index contributed by atoms with van der Waals surface area (Å²) < 4.78 is 0. The largest absolute Gasteiger partial charge is 0.481 e. The standard InChI is InChI=1S/C49H94N24O13/c1-25(65-45(86)34(24-35(76)77)66-27(3)75)38(79)67-30(14-8-20-61-46(53)54)41(82)70-32(16-10-22-63-48(57)58)43(84)71-31(15-9-21-62-47(55)56)42(83)69-28(12-4-6-18-50)39(80)68-29(13-5-7-19-51)40(81)72-33(17-11-23-64-49(59)60)44(85)73-36(26(2)74)37(52)78/h25-26,28-34,36,74H,4-24,50-51H2,1-3H3,(H2,52,78)(H,65,86)(H,66,75)(H,67,79)(H,68,80)(H,69,83)(H,70,82)(H,71,84)(H,72,81)(H,73,85)(H,76,77)(H4,53,54,61)(H4,55,56,62)(H4,57,58,63)(H4,59,60,64)/t25-,26+,28-,29-,30-,31-,32-,33-,34-,36-/m0/s1. The number of amides is 10. The fourth-order valence-corrected chi connectivity index (χ4v) is 7.96. The molecular formula is C49H94N24O13. The number of aliphatic carboxylic acids is 1. The van der Waals surface area contributed by atoms with E-state index >= 15 is 0 Å². The van der Waals surface area contributed by atoms with Crippen LogP contribution < -0.4 is 111 Å². The van der Waals surface area contributed by atoms with E-state index in [0.717, 1.165) is 6.92 Å². The number of primary amides is 1. The van der Waals surface area contributed by atoms with Gasteiger partial charge in [-0.25, -0.2) is 0 Å². The molecule has 0 rings (SSSR count). The van der Waals surface area contributed by atoms with Crippen molar-refractivity contribution in [3.8, 4) is 0 Å². The van der Waals surface area contributed by atoms with Crippen LogP contribution in [0.15, 0.2) is 20.0 Å². The highest BCUT2D eigenvalue weighted by molar-refractivity contribution is 5.99. The lowest BCUT2D eigenvalue weighted by molar-refractivity contribution is -0.141. The lowest BCUT2D eigenvalue weighted by Crippen LogP contribution is -2.60. The molecule has 10 amide bonds. The van der Waals surface area contributed by atoms with Crippen molar-refractivity contribution in [3.63, 3.8) is 0 Å². The molecule has 0 aromatic heterocycles. The Morgan fingerprint density at radius 3 is 0.884 bits per heavy atom. The van der Waals surface area contributed by atoms with Crippen LogP contribution in [-0.2, 0) is 52.7 Å². The Morgan fingerprint density at radius 2 is 0.640 bits per heavy atom. The number of nitrogens with two attached hydrogens (primary N) is 11. The van der Waals surface area contributed by atoms with E-state index in [2.05, 4.69) is 67.8 Å². The Balaban J connectivity index is 7.30. The van der Waals surface area contributed by atoms with Crippen LogP contribution in [0.25, 0.3) is 0 Å². The van der Waals surface area contributed by atoms with Gasteiger partial charge in [0.05, 0.1) is 12.5 Å². The number of guanidine groups is 4.